The lowest BCUT2D eigenvalue weighted by Gasteiger charge is -2.41. The fraction of sp³-hybridized carbons (Fsp3) is 0.933. The van der Waals surface area contributed by atoms with Crippen LogP contribution in [0.15, 0.2) is 4.99 Å². The Hall–Kier alpha value is -0.610. The summed E-state index contributed by atoms with van der Waals surface area (Å²) in [5, 5.41) is 3.46. The molecule has 0 unspecified atom stereocenters. The van der Waals surface area contributed by atoms with Crippen LogP contribution < -0.4 is 5.32 Å². The zero-order valence-corrected chi connectivity index (χ0v) is 12.1. The van der Waals surface area contributed by atoms with Crippen LogP contribution in [0.3, 0.4) is 0 Å². The van der Waals surface area contributed by atoms with Crippen molar-refractivity contribution in [3.8, 4) is 0 Å². The molecule has 4 nitrogen and oxygen atoms in total. The molecule has 1 saturated carbocycles. The normalized spacial score (nSPS) is 28.5. The minimum absolute atomic E-state index is 0.743. The molecule has 3 aliphatic rings. The summed E-state index contributed by atoms with van der Waals surface area (Å²) in [6.45, 7) is 4.37. The molecule has 4 heteroatoms. The Balaban J connectivity index is 1.57. The fourth-order valence-electron chi connectivity index (χ4n) is 3.74. The van der Waals surface area contributed by atoms with Crippen LogP contribution in [-0.2, 0) is 0 Å². The molecule has 108 valence electrons. The second-order valence-electron chi connectivity index (χ2n) is 6.31. The Kier molecular flexibility index (Phi) is 4.72. The molecule has 0 aromatic rings. The van der Waals surface area contributed by atoms with Crippen LogP contribution in [0.25, 0.3) is 0 Å². The first-order chi connectivity index (χ1) is 9.43. The first kappa shape index (κ1) is 13.4. The van der Waals surface area contributed by atoms with Crippen molar-refractivity contribution in [1.82, 2.24) is 15.1 Å². The maximum Gasteiger partial charge on any atom is 0.0943 e. The summed E-state index contributed by atoms with van der Waals surface area (Å²) in [5.41, 5.74) is 0. The smallest absolute Gasteiger partial charge is 0.0943 e. The molecule has 1 aliphatic carbocycles. The van der Waals surface area contributed by atoms with Gasteiger partial charge in [-0.2, -0.15) is 0 Å². The molecule has 0 radical (unpaired) electrons. The van der Waals surface area contributed by atoms with Crippen LogP contribution in [0.1, 0.15) is 51.4 Å². The lowest BCUT2D eigenvalue weighted by Crippen LogP contribution is -2.52. The van der Waals surface area contributed by atoms with Gasteiger partial charge < -0.3 is 10.2 Å². The van der Waals surface area contributed by atoms with Crippen molar-refractivity contribution in [2.45, 2.75) is 63.5 Å². The maximum atomic E-state index is 4.63. The van der Waals surface area contributed by atoms with Gasteiger partial charge in [-0.15, -0.1) is 0 Å². The molecule has 2 aliphatic heterocycles. The van der Waals surface area contributed by atoms with E-state index in [2.05, 4.69) is 26.4 Å². The molecule has 0 aromatic heterocycles. The highest BCUT2D eigenvalue weighted by Gasteiger charge is 2.27. The van der Waals surface area contributed by atoms with E-state index in [-0.39, 0.29) is 0 Å². The van der Waals surface area contributed by atoms with Crippen molar-refractivity contribution in [2.75, 3.05) is 26.4 Å². The number of nitrogens with one attached hydrogen (secondary N) is 1. The van der Waals surface area contributed by atoms with Crippen molar-refractivity contribution in [1.29, 1.82) is 0 Å². The van der Waals surface area contributed by atoms with Gasteiger partial charge in [-0.25, -0.2) is 0 Å². The third-order valence-corrected chi connectivity index (χ3v) is 4.96. The largest absolute Gasteiger partial charge is 0.347 e. The van der Waals surface area contributed by atoms with Gasteiger partial charge in [-0.3, -0.25) is 9.89 Å². The van der Waals surface area contributed by atoms with E-state index in [1.54, 1.807) is 0 Å². The molecule has 0 amide bonds. The van der Waals surface area contributed by atoms with E-state index in [4.69, 9.17) is 0 Å². The Morgan fingerprint density at radius 1 is 0.895 bits per heavy atom. The van der Waals surface area contributed by atoms with E-state index >= 15 is 0 Å². The van der Waals surface area contributed by atoms with Crippen LogP contribution in [0.4, 0.5) is 0 Å². The van der Waals surface area contributed by atoms with Crippen molar-refractivity contribution in [3.63, 3.8) is 0 Å². The summed E-state index contributed by atoms with van der Waals surface area (Å²) in [7, 11) is 0. The topological polar surface area (TPSA) is 30.9 Å². The highest BCUT2D eigenvalue weighted by molar-refractivity contribution is 5.56. The first-order valence-corrected chi connectivity index (χ1v) is 8.14. The lowest BCUT2D eigenvalue weighted by molar-refractivity contribution is 0.0829. The monoisotopic (exact) mass is 264 g/mol. The molecule has 0 atom stereocenters. The summed E-state index contributed by atoms with van der Waals surface area (Å²) in [6.07, 6.45) is 13.1. The Bertz CT molecular complexity index is 291. The molecule has 3 rings (SSSR count). The third kappa shape index (κ3) is 3.48. The van der Waals surface area contributed by atoms with E-state index in [0.29, 0.717) is 0 Å². The quantitative estimate of drug-likeness (QED) is 0.774. The number of rotatable bonds is 2. The number of hydrogen-bond acceptors (Lipinski definition) is 4. The molecule has 19 heavy (non-hydrogen) atoms. The van der Waals surface area contributed by atoms with Gasteiger partial charge in [-0.1, -0.05) is 25.7 Å². The average Bonchev–Trinajstić information content (AvgIpc) is 2.77. The van der Waals surface area contributed by atoms with Gasteiger partial charge in [0.25, 0.3) is 0 Å². The second kappa shape index (κ2) is 6.71. The second-order valence-corrected chi connectivity index (χ2v) is 6.31. The number of hydrogen-bond donors (Lipinski definition) is 1. The van der Waals surface area contributed by atoms with Crippen LogP contribution in [-0.4, -0.2) is 54.6 Å². The molecule has 0 bridgehead atoms. The molecule has 0 spiro atoms. The molecular weight excluding hydrogens is 236 g/mol. The summed E-state index contributed by atoms with van der Waals surface area (Å²) < 4.78 is 0. The van der Waals surface area contributed by atoms with Crippen molar-refractivity contribution in [3.05, 3.63) is 0 Å². The average molecular weight is 264 g/mol. The summed E-state index contributed by atoms with van der Waals surface area (Å²) in [5.74, 6) is 0. The van der Waals surface area contributed by atoms with E-state index in [1.807, 2.05) is 0 Å². The van der Waals surface area contributed by atoms with Gasteiger partial charge in [0.15, 0.2) is 0 Å². The molecule has 1 saturated heterocycles. The van der Waals surface area contributed by atoms with Crippen molar-refractivity contribution < 1.29 is 0 Å². The molecule has 0 aromatic carbocycles. The van der Waals surface area contributed by atoms with Gasteiger partial charge in [0.1, 0.15) is 0 Å². The molecule has 1 N–H and O–H groups in total. The van der Waals surface area contributed by atoms with Crippen LogP contribution in [0.2, 0.25) is 0 Å². The van der Waals surface area contributed by atoms with Gasteiger partial charge in [0.2, 0.25) is 0 Å². The van der Waals surface area contributed by atoms with E-state index in [9.17, 15) is 0 Å². The van der Waals surface area contributed by atoms with Gasteiger partial charge in [0.05, 0.1) is 19.7 Å². The number of piperidine rings is 1. The molecular formula is C15H28N4. The van der Waals surface area contributed by atoms with Crippen LogP contribution in [0, 0.1) is 0 Å². The highest BCUT2D eigenvalue weighted by Crippen LogP contribution is 2.23. The predicted molar refractivity (Wildman–Crippen MR) is 79.3 cm³/mol. The Morgan fingerprint density at radius 3 is 2.37 bits per heavy atom. The minimum Gasteiger partial charge on any atom is -0.347 e. The summed E-state index contributed by atoms with van der Waals surface area (Å²) in [6, 6.07) is 1.49. The standard InChI is InChI=1S/C15H28N4/c1-2-4-6-14(5-3-1)18-11-17-12-19(13-18)15-7-9-16-10-8-15/h11,14-16H,1-10,12-13H2. The minimum atomic E-state index is 0.743. The van der Waals surface area contributed by atoms with Crippen LogP contribution in [0.5, 0.6) is 0 Å². The molecule has 2 fully saturated rings. The van der Waals surface area contributed by atoms with Gasteiger partial charge >= 0.3 is 0 Å². The number of aliphatic imine (C=N–C) groups is 1. The Morgan fingerprint density at radius 2 is 1.63 bits per heavy atom. The van der Waals surface area contributed by atoms with E-state index in [0.717, 1.165) is 25.4 Å². The Labute approximate surface area is 117 Å². The van der Waals surface area contributed by atoms with Gasteiger partial charge in [-0.05, 0) is 38.8 Å². The summed E-state index contributed by atoms with van der Waals surface area (Å²) >= 11 is 0. The highest BCUT2D eigenvalue weighted by atomic mass is 15.4. The zero-order valence-electron chi connectivity index (χ0n) is 12.1. The maximum absolute atomic E-state index is 4.63. The summed E-state index contributed by atoms with van der Waals surface area (Å²) in [4.78, 5) is 9.74. The first-order valence-electron chi connectivity index (χ1n) is 8.14. The fourth-order valence-corrected chi connectivity index (χ4v) is 3.74. The lowest BCUT2D eigenvalue weighted by atomic mass is 10.0. The SMILES string of the molecule is C1=NCN(C2CCNCC2)CN1C1CCCCCC1. The van der Waals surface area contributed by atoms with E-state index in [1.165, 1.54) is 64.5 Å². The zero-order chi connectivity index (χ0) is 12.9. The van der Waals surface area contributed by atoms with Crippen molar-refractivity contribution >= 4 is 6.34 Å². The van der Waals surface area contributed by atoms with Gasteiger partial charge in [0, 0.05) is 12.1 Å². The number of nitrogens with zero attached hydrogens (tertiary/aromatic N) is 3. The van der Waals surface area contributed by atoms with Crippen LogP contribution >= 0.6 is 0 Å². The molecule has 2 heterocycles. The van der Waals surface area contributed by atoms with E-state index < -0.39 is 0 Å². The predicted octanol–water partition coefficient (Wildman–Crippen LogP) is 2.02. The van der Waals surface area contributed by atoms with Crippen molar-refractivity contribution in [2.24, 2.45) is 4.99 Å². The third-order valence-electron chi connectivity index (χ3n) is 4.96.